The first-order valence-electron chi connectivity index (χ1n) is 9.11. The van der Waals surface area contributed by atoms with E-state index in [1.54, 1.807) is 0 Å². The lowest BCUT2D eigenvalue weighted by atomic mass is 10.1. The number of ether oxygens (including phenoxy) is 1. The molecule has 2 aromatic carbocycles. The van der Waals surface area contributed by atoms with E-state index in [4.69, 9.17) is 4.74 Å². The average molecular weight is 394 g/mol. The summed E-state index contributed by atoms with van der Waals surface area (Å²) in [5.74, 6) is 1.05. The van der Waals surface area contributed by atoms with E-state index < -0.39 is 0 Å². The van der Waals surface area contributed by atoms with Gasteiger partial charge in [0.15, 0.2) is 0 Å². The van der Waals surface area contributed by atoms with Gasteiger partial charge in [0.05, 0.1) is 18.1 Å². The van der Waals surface area contributed by atoms with Crippen molar-refractivity contribution in [2.75, 3.05) is 17.7 Å². The van der Waals surface area contributed by atoms with E-state index in [0.29, 0.717) is 11.6 Å². The molecule has 0 atom stereocenters. The van der Waals surface area contributed by atoms with Gasteiger partial charge in [-0.15, -0.1) is 10.2 Å². The molecule has 3 rings (SSSR count). The van der Waals surface area contributed by atoms with E-state index in [2.05, 4.69) is 21.6 Å². The second kappa shape index (κ2) is 9.37. The van der Waals surface area contributed by atoms with Crippen LogP contribution in [0.3, 0.4) is 0 Å². The largest absolute Gasteiger partial charge is 0.494 e. The van der Waals surface area contributed by atoms with Crippen LogP contribution in [0.1, 0.15) is 18.1 Å². The third-order valence-electron chi connectivity index (χ3n) is 3.96. The molecule has 5 nitrogen and oxygen atoms in total. The molecule has 28 heavy (non-hydrogen) atoms. The molecule has 0 fully saturated rings. The molecule has 0 spiro atoms. The summed E-state index contributed by atoms with van der Waals surface area (Å²) in [7, 11) is 0. The highest BCUT2D eigenvalue weighted by Crippen LogP contribution is 2.22. The molecule has 1 amide bonds. The molecule has 0 aliphatic rings. The fourth-order valence-corrected chi connectivity index (χ4v) is 3.44. The molecular formula is C22H23N3O2S. The highest BCUT2D eigenvalue weighted by Gasteiger charge is 2.07. The van der Waals surface area contributed by atoms with Gasteiger partial charge in [0.1, 0.15) is 10.8 Å². The summed E-state index contributed by atoms with van der Waals surface area (Å²) in [4.78, 5) is 12.2. The first-order valence-corrected chi connectivity index (χ1v) is 10.1. The molecule has 1 N–H and O–H groups in total. The number of hydrogen-bond donors (Lipinski definition) is 1. The van der Waals surface area contributed by atoms with Crippen LogP contribution in [-0.4, -0.2) is 28.5 Å². The zero-order valence-electron chi connectivity index (χ0n) is 16.2. The van der Waals surface area contributed by atoms with Crippen LogP contribution in [0.2, 0.25) is 0 Å². The number of hydrogen-bond acceptors (Lipinski definition) is 5. The SMILES string of the molecule is CCOc1ccc(-c2ccc(SCC(=O)Nc3cc(C)cc(C)c3)nn2)cc1. The van der Waals surface area contributed by atoms with E-state index in [0.717, 1.165) is 33.8 Å². The summed E-state index contributed by atoms with van der Waals surface area (Å²) in [6.07, 6.45) is 0. The maximum absolute atomic E-state index is 12.2. The lowest BCUT2D eigenvalue weighted by molar-refractivity contribution is -0.113. The first-order chi connectivity index (χ1) is 13.5. The van der Waals surface area contributed by atoms with Gasteiger partial charge in [0.25, 0.3) is 0 Å². The molecule has 0 saturated carbocycles. The molecule has 1 aromatic heterocycles. The molecule has 6 heteroatoms. The number of anilines is 1. The second-order valence-corrected chi connectivity index (χ2v) is 7.42. The predicted octanol–water partition coefficient (Wildman–Crippen LogP) is 4.89. The summed E-state index contributed by atoms with van der Waals surface area (Å²) in [5, 5.41) is 12.1. The normalized spacial score (nSPS) is 10.5. The second-order valence-electron chi connectivity index (χ2n) is 6.43. The lowest BCUT2D eigenvalue weighted by Gasteiger charge is -2.07. The van der Waals surface area contributed by atoms with E-state index >= 15 is 0 Å². The third kappa shape index (κ3) is 5.57. The van der Waals surface area contributed by atoms with Crippen LogP contribution in [0, 0.1) is 13.8 Å². The Bertz CT molecular complexity index is 921. The van der Waals surface area contributed by atoms with Crippen LogP contribution >= 0.6 is 11.8 Å². The molecule has 0 saturated heterocycles. The van der Waals surface area contributed by atoms with E-state index in [1.807, 2.05) is 69.3 Å². The highest BCUT2D eigenvalue weighted by molar-refractivity contribution is 7.99. The number of benzene rings is 2. The Hall–Kier alpha value is -2.86. The summed E-state index contributed by atoms with van der Waals surface area (Å²) < 4.78 is 5.45. The smallest absolute Gasteiger partial charge is 0.234 e. The fraction of sp³-hybridized carbons (Fsp3) is 0.227. The monoisotopic (exact) mass is 393 g/mol. The maximum atomic E-state index is 12.2. The van der Waals surface area contributed by atoms with Crippen molar-refractivity contribution in [3.63, 3.8) is 0 Å². The van der Waals surface area contributed by atoms with Gasteiger partial charge < -0.3 is 10.1 Å². The Labute approximate surface area is 169 Å². The minimum absolute atomic E-state index is 0.0626. The van der Waals surface area contributed by atoms with Crippen LogP contribution in [0.15, 0.2) is 59.6 Å². The van der Waals surface area contributed by atoms with Crippen molar-refractivity contribution in [3.8, 4) is 17.0 Å². The van der Waals surface area contributed by atoms with E-state index in [9.17, 15) is 4.79 Å². The molecular weight excluding hydrogens is 370 g/mol. The number of amides is 1. The zero-order valence-corrected chi connectivity index (χ0v) is 17.0. The quantitative estimate of drug-likeness (QED) is 0.579. The Morgan fingerprint density at radius 3 is 2.32 bits per heavy atom. The van der Waals surface area contributed by atoms with Crippen molar-refractivity contribution in [3.05, 3.63) is 65.7 Å². The van der Waals surface area contributed by atoms with Gasteiger partial charge in [0.2, 0.25) is 5.91 Å². The molecule has 144 valence electrons. The van der Waals surface area contributed by atoms with Crippen molar-refractivity contribution in [1.82, 2.24) is 10.2 Å². The number of carbonyl (C=O) groups is 1. The Balaban J connectivity index is 1.55. The summed E-state index contributed by atoms with van der Waals surface area (Å²) in [5.41, 5.74) is 4.82. The minimum atomic E-state index is -0.0626. The van der Waals surface area contributed by atoms with E-state index in [1.165, 1.54) is 11.8 Å². The van der Waals surface area contributed by atoms with Crippen molar-refractivity contribution < 1.29 is 9.53 Å². The van der Waals surface area contributed by atoms with Crippen molar-refractivity contribution in [2.45, 2.75) is 25.8 Å². The van der Waals surface area contributed by atoms with Crippen molar-refractivity contribution in [2.24, 2.45) is 0 Å². The third-order valence-corrected chi connectivity index (χ3v) is 4.88. The minimum Gasteiger partial charge on any atom is -0.494 e. The van der Waals surface area contributed by atoms with Gasteiger partial charge in [0, 0.05) is 11.3 Å². The Morgan fingerprint density at radius 1 is 1.00 bits per heavy atom. The van der Waals surface area contributed by atoms with Gasteiger partial charge in [-0.25, -0.2) is 0 Å². The standard InChI is InChI=1S/C22H23N3O2S/c1-4-27-19-7-5-17(6-8-19)20-9-10-22(25-24-20)28-14-21(26)23-18-12-15(2)11-16(3)13-18/h5-13H,4,14H2,1-3H3,(H,23,26). The zero-order chi connectivity index (χ0) is 19.9. The van der Waals surface area contributed by atoms with Crippen LogP contribution < -0.4 is 10.1 Å². The van der Waals surface area contributed by atoms with Gasteiger partial charge >= 0.3 is 0 Å². The topological polar surface area (TPSA) is 64.1 Å². The molecule has 1 heterocycles. The van der Waals surface area contributed by atoms with Crippen LogP contribution in [0.5, 0.6) is 5.75 Å². The molecule has 0 radical (unpaired) electrons. The van der Waals surface area contributed by atoms with E-state index in [-0.39, 0.29) is 11.7 Å². The number of carbonyl (C=O) groups excluding carboxylic acids is 1. The highest BCUT2D eigenvalue weighted by atomic mass is 32.2. The summed E-state index contributed by atoms with van der Waals surface area (Å²) in [6.45, 7) is 6.62. The number of rotatable bonds is 7. The Kier molecular flexibility index (Phi) is 6.66. The molecule has 0 aliphatic heterocycles. The number of thioether (sulfide) groups is 1. The number of nitrogens with one attached hydrogen (secondary N) is 1. The Morgan fingerprint density at radius 2 is 1.71 bits per heavy atom. The fourth-order valence-electron chi connectivity index (χ4n) is 2.82. The predicted molar refractivity (Wildman–Crippen MR) is 114 cm³/mol. The van der Waals surface area contributed by atoms with Crippen LogP contribution in [0.4, 0.5) is 5.69 Å². The van der Waals surface area contributed by atoms with Crippen LogP contribution in [0.25, 0.3) is 11.3 Å². The maximum Gasteiger partial charge on any atom is 0.234 e. The first kappa shape index (κ1) is 19.9. The lowest BCUT2D eigenvalue weighted by Crippen LogP contribution is -2.14. The van der Waals surface area contributed by atoms with Crippen molar-refractivity contribution >= 4 is 23.4 Å². The molecule has 3 aromatic rings. The molecule has 0 bridgehead atoms. The summed E-state index contributed by atoms with van der Waals surface area (Å²) >= 11 is 1.36. The van der Waals surface area contributed by atoms with Crippen molar-refractivity contribution in [1.29, 1.82) is 0 Å². The number of aryl methyl sites for hydroxylation is 2. The van der Waals surface area contributed by atoms with Gasteiger partial charge in [-0.2, -0.15) is 0 Å². The van der Waals surface area contributed by atoms with Crippen LogP contribution in [-0.2, 0) is 4.79 Å². The van der Waals surface area contributed by atoms with Gasteiger partial charge in [-0.3, -0.25) is 4.79 Å². The molecule has 0 aliphatic carbocycles. The average Bonchev–Trinajstić information content (AvgIpc) is 2.67. The molecule has 0 unspecified atom stereocenters. The number of aromatic nitrogens is 2. The van der Waals surface area contributed by atoms with Gasteiger partial charge in [-0.1, -0.05) is 17.8 Å². The summed E-state index contributed by atoms with van der Waals surface area (Å²) in [6, 6.07) is 17.5. The number of nitrogens with zero attached hydrogens (tertiary/aromatic N) is 2. The van der Waals surface area contributed by atoms with Gasteiger partial charge in [-0.05, 0) is 80.4 Å².